The van der Waals surface area contributed by atoms with Gasteiger partial charge in [0.05, 0.1) is 22.3 Å². The molecular formula is C13H13F3N2S. The van der Waals surface area contributed by atoms with E-state index in [-0.39, 0.29) is 0 Å². The molecule has 0 aliphatic carbocycles. The molecule has 2 aromatic rings. The predicted octanol–water partition coefficient (Wildman–Crippen LogP) is 3.83. The molecule has 0 spiro atoms. The number of nitrogens with zero attached hydrogens (tertiary/aromatic N) is 1. The quantitative estimate of drug-likeness (QED) is 0.911. The van der Waals surface area contributed by atoms with Crippen molar-refractivity contribution in [1.29, 1.82) is 0 Å². The fourth-order valence-corrected chi connectivity index (χ4v) is 2.53. The molecule has 102 valence electrons. The zero-order valence-corrected chi connectivity index (χ0v) is 11.3. The van der Waals surface area contributed by atoms with Gasteiger partial charge in [-0.1, -0.05) is 6.07 Å². The first kappa shape index (κ1) is 14.0. The first-order chi connectivity index (χ1) is 8.79. The molecule has 2 rings (SSSR count). The molecule has 1 aromatic heterocycles. The van der Waals surface area contributed by atoms with Gasteiger partial charge in [-0.15, -0.1) is 11.3 Å². The number of halogens is 3. The monoisotopic (exact) mass is 286 g/mol. The maximum atomic E-state index is 12.6. The maximum absolute atomic E-state index is 12.6. The molecule has 0 amide bonds. The molecule has 0 saturated heterocycles. The number of hydrogen-bond acceptors (Lipinski definition) is 3. The molecule has 2 nitrogen and oxygen atoms in total. The van der Waals surface area contributed by atoms with E-state index in [4.69, 9.17) is 5.73 Å². The Morgan fingerprint density at radius 1 is 1.26 bits per heavy atom. The lowest BCUT2D eigenvalue weighted by atomic mass is 9.97. The fourth-order valence-electron chi connectivity index (χ4n) is 1.88. The van der Waals surface area contributed by atoms with Crippen LogP contribution in [0.5, 0.6) is 0 Å². The number of rotatable bonds is 2. The first-order valence-electron chi connectivity index (χ1n) is 5.64. The summed E-state index contributed by atoms with van der Waals surface area (Å²) in [4.78, 5) is 4.27. The Kier molecular flexibility index (Phi) is 3.64. The van der Waals surface area contributed by atoms with E-state index in [9.17, 15) is 13.2 Å². The standard InChI is InChI=1S/C13H13F3N2S/c1-7-5-9(13(14,15)16)3-4-10(7)12(17)11-6-19-8(2)18-11/h3-6,12H,17H2,1-2H3. The van der Waals surface area contributed by atoms with Crippen LogP contribution in [0.25, 0.3) is 0 Å². The number of hydrogen-bond donors (Lipinski definition) is 1. The molecule has 1 heterocycles. The van der Waals surface area contributed by atoms with Crippen molar-refractivity contribution in [3.63, 3.8) is 0 Å². The summed E-state index contributed by atoms with van der Waals surface area (Å²) < 4.78 is 37.8. The molecule has 0 saturated carbocycles. The Bertz CT molecular complexity index is 590. The van der Waals surface area contributed by atoms with Crippen LogP contribution in [0.4, 0.5) is 13.2 Å². The lowest BCUT2D eigenvalue weighted by molar-refractivity contribution is -0.137. The van der Waals surface area contributed by atoms with Crippen molar-refractivity contribution >= 4 is 11.3 Å². The maximum Gasteiger partial charge on any atom is 0.416 e. The van der Waals surface area contributed by atoms with E-state index >= 15 is 0 Å². The highest BCUT2D eigenvalue weighted by Gasteiger charge is 2.31. The fraction of sp³-hybridized carbons (Fsp3) is 0.308. The Morgan fingerprint density at radius 3 is 2.42 bits per heavy atom. The summed E-state index contributed by atoms with van der Waals surface area (Å²) in [5, 5.41) is 2.71. The van der Waals surface area contributed by atoms with Crippen molar-refractivity contribution in [2.45, 2.75) is 26.1 Å². The van der Waals surface area contributed by atoms with Crippen molar-refractivity contribution in [3.05, 3.63) is 51.0 Å². The van der Waals surface area contributed by atoms with Crippen LogP contribution in [-0.4, -0.2) is 4.98 Å². The zero-order valence-electron chi connectivity index (χ0n) is 10.5. The summed E-state index contributed by atoms with van der Waals surface area (Å²) in [6.45, 7) is 3.49. The van der Waals surface area contributed by atoms with E-state index in [2.05, 4.69) is 4.98 Å². The Balaban J connectivity index is 2.36. The van der Waals surface area contributed by atoms with Crippen molar-refractivity contribution < 1.29 is 13.2 Å². The molecule has 1 aromatic carbocycles. The van der Waals surface area contributed by atoms with Crippen LogP contribution in [0, 0.1) is 13.8 Å². The number of nitrogens with two attached hydrogens (primary N) is 1. The summed E-state index contributed by atoms with van der Waals surface area (Å²) in [6.07, 6.45) is -4.33. The van der Waals surface area contributed by atoms with Gasteiger partial charge in [-0.2, -0.15) is 13.2 Å². The minimum absolute atomic E-state index is 0.493. The normalized spacial score (nSPS) is 13.6. The minimum Gasteiger partial charge on any atom is -0.319 e. The molecule has 1 atom stereocenters. The third-order valence-electron chi connectivity index (χ3n) is 2.89. The number of aromatic nitrogens is 1. The van der Waals surface area contributed by atoms with Gasteiger partial charge in [0.15, 0.2) is 0 Å². The zero-order chi connectivity index (χ0) is 14.2. The van der Waals surface area contributed by atoms with E-state index in [1.165, 1.54) is 17.4 Å². The minimum atomic E-state index is -4.33. The highest BCUT2D eigenvalue weighted by Crippen LogP contribution is 2.32. The smallest absolute Gasteiger partial charge is 0.319 e. The van der Waals surface area contributed by atoms with Gasteiger partial charge in [0.25, 0.3) is 0 Å². The Hall–Kier alpha value is -1.40. The van der Waals surface area contributed by atoms with E-state index in [0.29, 0.717) is 16.8 Å². The van der Waals surface area contributed by atoms with E-state index in [1.807, 2.05) is 12.3 Å². The van der Waals surface area contributed by atoms with E-state index in [1.54, 1.807) is 6.92 Å². The van der Waals surface area contributed by atoms with Crippen molar-refractivity contribution in [3.8, 4) is 0 Å². The van der Waals surface area contributed by atoms with Gasteiger partial charge < -0.3 is 5.73 Å². The number of benzene rings is 1. The van der Waals surface area contributed by atoms with Crippen LogP contribution in [0.15, 0.2) is 23.6 Å². The van der Waals surface area contributed by atoms with Gasteiger partial charge in [0.1, 0.15) is 0 Å². The van der Waals surface area contributed by atoms with Crippen LogP contribution in [0.3, 0.4) is 0 Å². The van der Waals surface area contributed by atoms with Crippen molar-refractivity contribution in [1.82, 2.24) is 4.98 Å². The molecule has 0 fully saturated rings. The summed E-state index contributed by atoms with van der Waals surface area (Å²) in [5.41, 5.74) is 7.27. The van der Waals surface area contributed by atoms with Crippen LogP contribution in [-0.2, 0) is 6.18 Å². The summed E-state index contributed by atoms with van der Waals surface area (Å²) in [5.74, 6) is 0. The molecular weight excluding hydrogens is 273 g/mol. The first-order valence-corrected chi connectivity index (χ1v) is 6.52. The predicted molar refractivity (Wildman–Crippen MR) is 69.1 cm³/mol. The number of aryl methyl sites for hydroxylation is 2. The number of alkyl halides is 3. The van der Waals surface area contributed by atoms with Crippen molar-refractivity contribution in [2.24, 2.45) is 5.73 Å². The van der Waals surface area contributed by atoms with Gasteiger partial charge in [0, 0.05) is 5.38 Å². The SMILES string of the molecule is Cc1nc(C(N)c2ccc(C(F)(F)F)cc2C)cs1. The molecule has 0 radical (unpaired) electrons. The molecule has 1 unspecified atom stereocenters. The second-order valence-electron chi connectivity index (χ2n) is 4.34. The van der Waals surface area contributed by atoms with Gasteiger partial charge in [0.2, 0.25) is 0 Å². The van der Waals surface area contributed by atoms with Crippen LogP contribution in [0.2, 0.25) is 0 Å². The van der Waals surface area contributed by atoms with Crippen LogP contribution in [0.1, 0.15) is 33.4 Å². The molecule has 0 bridgehead atoms. The molecule has 0 aliphatic heterocycles. The third-order valence-corrected chi connectivity index (χ3v) is 3.68. The lowest BCUT2D eigenvalue weighted by Crippen LogP contribution is -2.15. The van der Waals surface area contributed by atoms with E-state index < -0.39 is 17.8 Å². The second kappa shape index (κ2) is 4.94. The Labute approximate surface area is 113 Å². The van der Waals surface area contributed by atoms with Crippen LogP contribution >= 0.6 is 11.3 Å². The van der Waals surface area contributed by atoms with Gasteiger partial charge in [-0.05, 0) is 37.1 Å². The highest BCUT2D eigenvalue weighted by atomic mass is 32.1. The van der Waals surface area contributed by atoms with Crippen LogP contribution < -0.4 is 5.73 Å². The molecule has 0 aliphatic rings. The molecule has 6 heteroatoms. The average Bonchev–Trinajstić information content (AvgIpc) is 2.73. The summed E-state index contributed by atoms with van der Waals surface area (Å²) >= 11 is 1.47. The second-order valence-corrected chi connectivity index (χ2v) is 5.40. The van der Waals surface area contributed by atoms with Gasteiger partial charge >= 0.3 is 6.18 Å². The van der Waals surface area contributed by atoms with Crippen molar-refractivity contribution in [2.75, 3.05) is 0 Å². The largest absolute Gasteiger partial charge is 0.416 e. The Morgan fingerprint density at radius 2 is 1.95 bits per heavy atom. The highest BCUT2D eigenvalue weighted by molar-refractivity contribution is 7.09. The summed E-state index contributed by atoms with van der Waals surface area (Å²) in [6, 6.07) is 3.11. The topological polar surface area (TPSA) is 38.9 Å². The molecule has 19 heavy (non-hydrogen) atoms. The lowest BCUT2D eigenvalue weighted by Gasteiger charge is -2.15. The average molecular weight is 286 g/mol. The summed E-state index contributed by atoms with van der Waals surface area (Å²) in [7, 11) is 0. The number of thiazole rings is 1. The van der Waals surface area contributed by atoms with E-state index in [0.717, 1.165) is 17.1 Å². The van der Waals surface area contributed by atoms with Gasteiger partial charge in [-0.3, -0.25) is 0 Å². The third kappa shape index (κ3) is 2.96. The van der Waals surface area contributed by atoms with Gasteiger partial charge in [-0.25, -0.2) is 4.98 Å². The molecule has 2 N–H and O–H groups in total.